The molecule has 2 nitrogen and oxygen atoms in total. The second-order valence-electron chi connectivity index (χ2n) is 3.80. The van der Waals surface area contributed by atoms with E-state index in [2.05, 4.69) is 10.9 Å². The zero-order valence-corrected chi connectivity index (χ0v) is 9.41. The summed E-state index contributed by atoms with van der Waals surface area (Å²) in [5.41, 5.74) is -0.488. The van der Waals surface area contributed by atoms with Crippen molar-refractivity contribution in [3.8, 4) is 12.3 Å². The monoisotopic (exact) mass is 221 g/mol. The van der Waals surface area contributed by atoms with Crippen LogP contribution in [-0.4, -0.2) is 10.1 Å². The van der Waals surface area contributed by atoms with E-state index < -0.39 is 11.4 Å². The number of aliphatic hydroxyl groups is 1. The Morgan fingerprint density at radius 2 is 2.31 bits per heavy atom. The first-order chi connectivity index (χ1) is 7.62. The van der Waals surface area contributed by atoms with Crippen LogP contribution in [-0.2, 0) is 5.60 Å². The third-order valence-corrected chi connectivity index (χ3v) is 2.70. The van der Waals surface area contributed by atoms with Crippen LogP contribution in [0.3, 0.4) is 0 Å². The standard InChI is InChI=1S/C13H16FNO/c1-3-5-6-9-13(16,4-2)12-8-7-11(14)10-15-12/h1,7-8,10,16H,4-6,9H2,2H3. The van der Waals surface area contributed by atoms with Gasteiger partial charge >= 0.3 is 0 Å². The average Bonchev–Trinajstić information content (AvgIpc) is 2.30. The van der Waals surface area contributed by atoms with Gasteiger partial charge in [0, 0.05) is 6.42 Å². The molecule has 1 unspecified atom stereocenters. The molecule has 0 saturated carbocycles. The largest absolute Gasteiger partial charge is 0.384 e. The van der Waals surface area contributed by atoms with Crippen molar-refractivity contribution in [3.63, 3.8) is 0 Å². The second-order valence-corrected chi connectivity index (χ2v) is 3.80. The lowest BCUT2D eigenvalue weighted by Gasteiger charge is -2.25. The molecule has 0 amide bonds. The fourth-order valence-corrected chi connectivity index (χ4v) is 1.62. The summed E-state index contributed by atoms with van der Waals surface area (Å²) in [4.78, 5) is 3.92. The van der Waals surface area contributed by atoms with E-state index in [1.807, 2.05) is 6.92 Å². The molecule has 86 valence electrons. The molecule has 3 heteroatoms. The topological polar surface area (TPSA) is 33.1 Å². The molecule has 1 atom stereocenters. The first-order valence-electron chi connectivity index (χ1n) is 5.40. The Hall–Kier alpha value is -1.40. The number of hydrogen-bond donors (Lipinski definition) is 1. The van der Waals surface area contributed by atoms with Crippen molar-refractivity contribution in [1.29, 1.82) is 0 Å². The van der Waals surface area contributed by atoms with Crippen LogP contribution in [0.15, 0.2) is 18.3 Å². The Morgan fingerprint density at radius 1 is 1.56 bits per heavy atom. The first kappa shape index (κ1) is 12.7. The second kappa shape index (κ2) is 5.62. The van der Waals surface area contributed by atoms with Gasteiger partial charge in [-0.05, 0) is 31.4 Å². The first-order valence-corrected chi connectivity index (χ1v) is 5.40. The lowest BCUT2D eigenvalue weighted by atomic mass is 9.90. The van der Waals surface area contributed by atoms with Crippen LogP contribution < -0.4 is 0 Å². The molecule has 0 radical (unpaired) electrons. The highest BCUT2D eigenvalue weighted by Crippen LogP contribution is 2.28. The molecule has 1 aromatic heterocycles. The van der Waals surface area contributed by atoms with Crippen molar-refractivity contribution in [3.05, 3.63) is 29.8 Å². The van der Waals surface area contributed by atoms with Crippen LogP contribution >= 0.6 is 0 Å². The average molecular weight is 221 g/mol. The molecule has 0 aliphatic carbocycles. The van der Waals surface area contributed by atoms with Gasteiger partial charge in [-0.1, -0.05) is 6.92 Å². The number of unbranched alkanes of at least 4 members (excludes halogenated alkanes) is 1. The van der Waals surface area contributed by atoms with Crippen LogP contribution in [0, 0.1) is 18.2 Å². The van der Waals surface area contributed by atoms with Crippen LogP contribution in [0.4, 0.5) is 4.39 Å². The number of rotatable bonds is 5. The predicted molar refractivity (Wildman–Crippen MR) is 61.1 cm³/mol. The van der Waals surface area contributed by atoms with Crippen molar-refractivity contribution < 1.29 is 9.50 Å². The van der Waals surface area contributed by atoms with Crippen molar-refractivity contribution in [1.82, 2.24) is 4.98 Å². The summed E-state index contributed by atoms with van der Waals surface area (Å²) in [5.74, 6) is 2.14. The zero-order valence-electron chi connectivity index (χ0n) is 9.41. The summed E-state index contributed by atoms with van der Waals surface area (Å²) in [6.45, 7) is 1.88. The molecule has 1 heterocycles. The van der Waals surface area contributed by atoms with E-state index in [0.717, 1.165) is 12.6 Å². The summed E-state index contributed by atoms with van der Waals surface area (Å²) in [6, 6.07) is 2.83. The summed E-state index contributed by atoms with van der Waals surface area (Å²) < 4.78 is 12.7. The van der Waals surface area contributed by atoms with E-state index in [1.54, 1.807) is 0 Å². The van der Waals surface area contributed by atoms with Gasteiger partial charge in [0.25, 0.3) is 0 Å². The quantitative estimate of drug-likeness (QED) is 0.612. The fourth-order valence-electron chi connectivity index (χ4n) is 1.62. The molecule has 0 aromatic carbocycles. The Bertz CT molecular complexity index is 369. The highest BCUT2D eigenvalue weighted by molar-refractivity contribution is 5.13. The van der Waals surface area contributed by atoms with E-state index in [4.69, 9.17) is 6.42 Å². The molecule has 0 aliphatic rings. The Morgan fingerprint density at radius 3 is 2.81 bits per heavy atom. The van der Waals surface area contributed by atoms with Crippen LogP contribution in [0.25, 0.3) is 0 Å². The van der Waals surface area contributed by atoms with Crippen LogP contribution in [0.5, 0.6) is 0 Å². The maximum Gasteiger partial charge on any atom is 0.141 e. The third kappa shape index (κ3) is 3.04. The Kier molecular flexibility index (Phi) is 4.45. The molecule has 0 spiro atoms. The summed E-state index contributed by atoms with van der Waals surface area (Å²) in [5, 5.41) is 10.4. The van der Waals surface area contributed by atoms with E-state index in [9.17, 15) is 9.50 Å². The maximum atomic E-state index is 12.7. The van der Waals surface area contributed by atoms with Gasteiger partial charge in [0.2, 0.25) is 0 Å². The highest BCUT2D eigenvalue weighted by Gasteiger charge is 2.27. The summed E-state index contributed by atoms with van der Waals surface area (Å²) in [6.07, 6.45) is 8.73. The van der Waals surface area contributed by atoms with Crippen LogP contribution in [0.2, 0.25) is 0 Å². The third-order valence-electron chi connectivity index (χ3n) is 2.70. The zero-order chi connectivity index (χ0) is 12.0. The summed E-state index contributed by atoms with van der Waals surface area (Å²) >= 11 is 0. The van der Waals surface area contributed by atoms with Gasteiger partial charge in [0.15, 0.2) is 0 Å². The van der Waals surface area contributed by atoms with Crippen molar-refractivity contribution >= 4 is 0 Å². The fraction of sp³-hybridized carbons (Fsp3) is 0.462. The molecule has 1 aromatic rings. The number of pyridine rings is 1. The SMILES string of the molecule is C#CCCCC(O)(CC)c1ccc(F)cn1. The van der Waals surface area contributed by atoms with Gasteiger partial charge in [0.1, 0.15) is 11.4 Å². The van der Waals surface area contributed by atoms with Gasteiger partial charge in [0.05, 0.1) is 11.9 Å². The molecular formula is C13H16FNO. The van der Waals surface area contributed by atoms with Gasteiger partial charge in [-0.25, -0.2) is 4.39 Å². The molecule has 0 saturated heterocycles. The number of aromatic nitrogens is 1. The number of hydrogen-bond acceptors (Lipinski definition) is 2. The Labute approximate surface area is 95.5 Å². The minimum absolute atomic E-state index is 0.397. The number of terminal acetylenes is 1. The molecule has 0 bridgehead atoms. The minimum atomic E-state index is -0.995. The van der Waals surface area contributed by atoms with Gasteiger partial charge in [-0.15, -0.1) is 12.3 Å². The molecule has 16 heavy (non-hydrogen) atoms. The molecule has 1 rings (SSSR count). The molecule has 0 aliphatic heterocycles. The van der Waals surface area contributed by atoms with Crippen LogP contribution in [0.1, 0.15) is 38.3 Å². The van der Waals surface area contributed by atoms with Crippen molar-refractivity contribution in [2.75, 3.05) is 0 Å². The lowest BCUT2D eigenvalue weighted by molar-refractivity contribution is 0.0173. The predicted octanol–water partition coefficient (Wildman–Crippen LogP) is 2.62. The van der Waals surface area contributed by atoms with Crippen molar-refractivity contribution in [2.24, 2.45) is 0 Å². The smallest absolute Gasteiger partial charge is 0.141 e. The van der Waals surface area contributed by atoms with E-state index in [1.165, 1.54) is 12.1 Å². The van der Waals surface area contributed by atoms with E-state index in [0.29, 0.717) is 25.0 Å². The van der Waals surface area contributed by atoms with E-state index in [-0.39, 0.29) is 0 Å². The highest BCUT2D eigenvalue weighted by atomic mass is 19.1. The van der Waals surface area contributed by atoms with Gasteiger partial charge < -0.3 is 5.11 Å². The minimum Gasteiger partial charge on any atom is -0.384 e. The Balaban J connectivity index is 2.79. The number of nitrogens with zero attached hydrogens (tertiary/aromatic N) is 1. The lowest BCUT2D eigenvalue weighted by Crippen LogP contribution is -2.26. The normalized spacial score (nSPS) is 14.1. The van der Waals surface area contributed by atoms with Crippen molar-refractivity contribution in [2.45, 2.75) is 38.2 Å². The van der Waals surface area contributed by atoms with Gasteiger partial charge in [-0.2, -0.15) is 0 Å². The van der Waals surface area contributed by atoms with Gasteiger partial charge in [-0.3, -0.25) is 4.98 Å². The summed E-state index contributed by atoms with van der Waals surface area (Å²) in [7, 11) is 0. The molecule has 0 fully saturated rings. The number of halogens is 1. The molecule has 1 N–H and O–H groups in total. The van der Waals surface area contributed by atoms with E-state index >= 15 is 0 Å². The maximum absolute atomic E-state index is 12.7. The molecular weight excluding hydrogens is 205 g/mol.